The summed E-state index contributed by atoms with van der Waals surface area (Å²) in [6.45, 7) is 12.1. The van der Waals surface area contributed by atoms with Gasteiger partial charge in [0.15, 0.2) is 5.96 Å². The lowest BCUT2D eigenvalue weighted by atomic mass is 10.2. The van der Waals surface area contributed by atoms with Crippen molar-refractivity contribution < 1.29 is 8.42 Å². The van der Waals surface area contributed by atoms with Crippen LogP contribution in [-0.4, -0.2) is 88.0 Å². The normalized spacial score (nSPS) is 17.1. The number of rotatable bonds is 11. The van der Waals surface area contributed by atoms with Crippen LogP contribution in [0, 0.1) is 0 Å². The predicted octanol–water partition coefficient (Wildman–Crippen LogP) is 2.19. The summed E-state index contributed by atoms with van der Waals surface area (Å²) >= 11 is 0. The maximum Gasteiger partial charge on any atom is 0.191 e. The standard InChI is InChI=1S/C22H39N5O2S.HI/c1-4-23-22(25-20(2)11-18-30(3,28)29)24-12-8-13-26-14-16-27(17-15-26)19-21-9-6-5-7-10-21;/h5-7,9-10,20H,4,8,11-19H2,1-3H3,(H2,23,24,25);1H. The molecule has 2 N–H and O–H groups in total. The van der Waals surface area contributed by atoms with Crippen LogP contribution in [0.4, 0.5) is 0 Å². The molecule has 0 spiro atoms. The molecule has 1 aliphatic rings. The largest absolute Gasteiger partial charge is 0.357 e. The van der Waals surface area contributed by atoms with Crippen LogP contribution < -0.4 is 10.6 Å². The summed E-state index contributed by atoms with van der Waals surface area (Å²) in [7, 11) is -2.93. The quantitative estimate of drug-likeness (QED) is 0.186. The van der Waals surface area contributed by atoms with E-state index >= 15 is 0 Å². The van der Waals surface area contributed by atoms with E-state index in [1.807, 2.05) is 13.8 Å². The third kappa shape index (κ3) is 12.6. The Hall–Kier alpha value is -0.910. The molecule has 1 saturated heterocycles. The van der Waals surface area contributed by atoms with Gasteiger partial charge in [-0.3, -0.25) is 9.89 Å². The van der Waals surface area contributed by atoms with Gasteiger partial charge in [-0.15, -0.1) is 24.0 Å². The number of nitrogens with zero attached hydrogens (tertiary/aromatic N) is 3. The minimum atomic E-state index is -2.93. The second-order valence-electron chi connectivity index (χ2n) is 8.18. The third-order valence-corrected chi connectivity index (χ3v) is 6.24. The van der Waals surface area contributed by atoms with Crippen molar-refractivity contribution in [1.82, 2.24) is 20.4 Å². The van der Waals surface area contributed by atoms with Crippen molar-refractivity contribution in [3.05, 3.63) is 35.9 Å². The van der Waals surface area contributed by atoms with Crippen molar-refractivity contribution >= 4 is 39.8 Å². The maximum atomic E-state index is 11.3. The zero-order valence-electron chi connectivity index (χ0n) is 19.2. The van der Waals surface area contributed by atoms with Gasteiger partial charge in [0.2, 0.25) is 0 Å². The number of hydrogen-bond acceptors (Lipinski definition) is 5. The minimum Gasteiger partial charge on any atom is -0.357 e. The van der Waals surface area contributed by atoms with Crippen LogP contribution in [0.1, 0.15) is 32.3 Å². The van der Waals surface area contributed by atoms with Gasteiger partial charge in [0, 0.05) is 64.7 Å². The first-order valence-corrected chi connectivity index (χ1v) is 13.1. The molecule has 0 aliphatic carbocycles. The summed E-state index contributed by atoms with van der Waals surface area (Å²) in [6, 6.07) is 10.7. The average Bonchev–Trinajstić information content (AvgIpc) is 2.71. The smallest absolute Gasteiger partial charge is 0.191 e. The van der Waals surface area contributed by atoms with Gasteiger partial charge in [-0.1, -0.05) is 30.3 Å². The van der Waals surface area contributed by atoms with Crippen molar-refractivity contribution in [2.45, 2.75) is 39.3 Å². The van der Waals surface area contributed by atoms with E-state index in [9.17, 15) is 8.42 Å². The zero-order chi connectivity index (χ0) is 21.8. The van der Waals surface area contributed by atoms with Crippen molar-refractivity contribution in [1.29, 1.82) is 0 Å². The Morgan fingerprint density at radius 3 is 2.39 bits per heavy atom. The van der Waals surface area contributed by atoms with Crippen LogP contribution in [0.2, 0.25) is 0 Å². The summed E-state index contributed by atoms with van der Waals surface area (Å²) in [5.41, 5.74) is 1.38. The average molecular weight is 566 g/mol. The molecule has 178 valence electrons. The van der Waals surface area contributed by atoms with Gasteiger partial charge >= 0.3 is 0 Å². The first-order valence-electron chi connectivity index (χ1n) is 11.1. The van der Waals surface area contributed by atoms with Crippen molar-refractivity contribution in [2.75, 3.05) is 57.8 Å². The fourth-order valence-corrected chi connectivity index (χ4v) is 4.30. The topological polar surface area (TPSA) is 77.0 Å². The monoisotopic (exact) mass is 565 g/mol. The Balaban J connectivity index is 0.00000480. The highest BCUT2D eigenvalue weighted by molar-refractivity contribution is 14.0. The van der Waals surface area contributed by atoms with E-state index in [-0.39, 0.29) is 35.8 Å². The number of sulfone groups is 1. The molecule has 0 amide bonds. The molecule has 1 atom stereocenters. The van der Waals surface area contributed by atoms with Crippen LogP contribution in [0.5, 0.6) is 0 Å². The zero-order valence-corrected chi connectivity index (χ0v) is 22.4. The molecule has 1 aliphatic heterocycles. The number of aliphatic imine (C=N–C) groups is 1. The Morgan fingerprint density at radius 2 is 1.77 bits per heavy atom. The first kappa shape index (κ1) is 28.1. The molecule has 1 aromatic carbocycles. The second-order valence-corrected chi connectivity index (χ2v) is 10.4. The van der Waals surface area contributed by atoms with Crippen LogP contribution in [-0.2, 0) is 16.4 Å². The molecule has 0 aromatic heterocycles. The van der Waals surface area contributed by atoms with E-state index < -0.39 is 9.84 Å². The fourth-order valence-electron chi connectivity index (χ4n) is 3.51. The summed E-state index contributed by atoms with van der Waals surface area (Å²) in [6.07, 6.45) is 2.88. The van der Waals surface area contributed by atoms with Crippen LogP contribution in [0.25, 0.3) is 0 Å². The van der Waals surface area contributed by atoms with Crippen molar-refractivity contribution in [3.63, 3.8) is 0 Å². The predicted molar refractivity (Wildman–Crippen MR) is 141 cm³/mol. The molecule has 1 aromatic rings. The molecule has 9 heteroatoms. The lowest BCUT2D eigenvalue weighted by molar-refractivity contribution is 0.127. The molecule has 2 rings (SSSR count). The molecular formula is C22H40IN5O2S. The molecule has 0 bridgehead atoms. The molecule has 1 fully saturated rings. The Labute approximate surface area is 206 Å². The van der Waals surface area contributed by atoms with Gasteiger partial charge in [-0.25, -0.2) is 8.42 Å². The van der Waals surface area contributed by atoms with E-state index in [1.54, 1.807) is 0 Å². The van der Waals surface area contributed by atoms with E-state index in [0.717, 1.165) is 64.7 Å². The lowest BCUT2D eigenvalue weighted by Crippen LogP contribution is -2.46. The van der Waals surface area contributed by atoms with E-state index in [2.05, 4.69) is 55.8 Å². The molecule has 0 radical (unpaired) electrons. The highest BCUT2D eigenvalue weighted by atomic mass is 127. The van der Waals surface area contributed by atoms with Crippen LogP contribution >= 0.6 is 24.0 Å². The van der Waals surface area contributed by atoms with E-state index in [0.29, 0.717) is 6.42 Å². The highest BCUT2D eigenvalue weighted by Gasteiger charge is 2.16. The number of nitrogens with one attached hydrogen (secondary N) is 2. The number of halogens is 1. The van der Waals surface area contributed by atoms with Crippen LogP contribution in [0.15, 0.2) is 35.3 Å². The Bertz CT molecular complexity index is 738. The van der Waals surface area contributed by atoms with Gasteiger partial charge in [0.1, 0.15) is 9.84 Å². The number of guanidine groups is 1. The molecule has 1 heterocycles. The summed E-state index contributed by atoms with van der Waals surface area (Å²) in [5, 5.41) is 6.56. The van der Waals surface area contributed by atoms with Gasteiger partial charge < -0.3 is 15.5 Å². The van der Waals surface area contributed by atoms with Crippen molar-refractivity contribution in [3.8, 4) is 0 Å². The minimum absolute atomic E-state index is 0. The molecule has 0 saturated carbocycles. The number of hydrogen-bond donors (Lipinski definition) is 2. The van der Waals surface area contributed by atoms with E-state index in [1.165, 1.54) is 11.8 Å². The number of piperazine rings is 1. The molecule has 1 unspecified atom stereocenters. The molecular weight excluding hydrogens is 525 g/mol. The maximum absolute atomic E-state index is 11.3. The first-order chi connectivity index (χ1) is 14.4. The third-order valence-electron chi connectivity index (χ3n) is 5.27. The number of benzene rings is 1. The Kier molecular flexibility index (Phi) is 13.6. The van der Waals surface area contributed by atoms with Crippen LogP contribution in [0.3, 0.4) is 0 Å². The summed E-state index contributed by atoms with van der Waals surface area (Å²) < 4.78 is 22.7. The summed E-state index contributed by atoms with van der Waals surface area (Å²) in [4.78, 5) is 9.70. The van der Waals surface area contributed by atoms with Gasteiger partial charge in [-0.2, -0.15) is 0 Å². The van der Waals surface area contributed by atoms with Gasteiger partial charge in [0.05, 0.1) is 5.75 Å². The van der Waals surface area contributed by atoms with E-state index in [4.69, 9.17) is 0 Å². The van der Waals surface area contributed by atoms with Gasteiger partial charge in [-0.05, 0) is 32.3 Å². The molecule has 7 nitrogen and oxygen atoms in total. The lowest BCUT2D eigenvalue weighted by Gasteiger charge is -2.34. The SMILES string of the molecule is CCNC(=NCCCN1CCN(Cc2ccccc2)CC1)NC(C)CCS(C)(=O)=O.I. The molecule has 31 heavy (non-hydrogen) atoms. The fraction of sp³-hybridized carbons (Fsp3) is 0.682. The van der Waals surface area contributed by atoms with Gasteiger partial charge in [0.25, 0.3) is 0 Å². The highest BCUT2D eigenvalue weighted by Crippen LogP contribution is 2.08. The summed E-state index contributed by atoms with van der Waals surface area (Å²) in [5.74, 6) is 0.961. The Morgan fingerprint density at radius 1 is 1.13 bits per heavy atom. The second kappa shape index (κ2) is 15.0. The van der Waals surface area contributed by atoms with Crippen molar-refractivity contribution in [2.24, 2.45) is 4.99 Å².